The number of hydrogen-bond donors (Lipinski definition) is 0. The van der Waals surface area contributed by atoms with Crippen LogP contribution in [0.4, 0.5) is 4.39 Å². The van der Waals surface area contributed by atoms with Gasteiger partial charge >= 0.3 is 5.97 Å². The molecule has 0 unspecified atom stereocenters. The van der Waals surface area contributed by atoms with Gasteiger partial charge in [0.2, 0.25) is 0 Å². The van der Waals surface area contributed by atoms with E-state index in [1.807, 2.05) is 13.8 Å². The van der Waals surface area contributed by atoms with Gasteiger partial charge in [-0.2, -0.15) is 4.98 Å². The smallest absolute Gasteiger partial charge is 0.350 e. The highest BCUT2D eigenvalue weighted by molar-refractivity contribution is 7.21. The van der Waals surface area contributed by atoms with Gasteiger partial charge < -0.3 is 9.26 Å². The van der Waals surface area contributed by atoms with Crippen LogP contribution in [-0.2, 0) is 11.3 Å². The molecular weight excluding hydrogens is 343 g/mol. The van der Waals surface area contributed by atoms with Gasteiger partial charge in [0.15, 0.2) is 12.4 Å². The van der Waals surface area contributed by atoms with Gasteiger partial charge in [-0.05, 0) is 18.2 Å². The van der Waals surface area contributed by atoms with Gasteiger partial charge in [-0.3, -0.25) is 0 Å². The van der Waals surface area contributed by atoms with Crippen LogP contribution < -0.4 is 0 Å². The van der Waals surface area contributed by atoms with Crippen molar-refractivity contribution in [1.29, 1.82) is 0 Å². The van der Waals surface area contributed by atoms with Crippen LogP contribution in [0, 0.1) is 5.82 Å². The molecule has 0 fully saturated rings. The number of ether oxygens (including phenoxy) is 1. The second-order valence-corrected chi connectivity index (χ2v) is 6.59. The SMILES string of the molecule is CC(C)c1noc(COC(=O)c2sc3cc(F)ccc3c2Cl)n1. The topological polar surface area (TPSA) is 65.2 Å². The van der Waals surface area contributed by atoms with E-state index in [-0.39, 0.29) is 34.1 Å². The van der Waals surface area contributed by atoms with Gasteiger partial charge in [0.1, 0.15) is 10.7 Å². The Kier molecular flexibility index (Phi) is 4.32. The van der Waals surface area contributed by atoms with Crippen LogP contribution in [0.15, 0.2) is 22.7 Å². The second kappa shape index (κ2) is 6.25. The van der Waals surface area contributed by atoms with Crippen molar-refractivity contribution in [2.45, 2.75) is 26.4 Å². The Morgan fingerprint density at radius 1 is 1.48 bits per heavy atom. The zero-order chi connectivity index (χ0) is 16.6. The van der Waals surface area contributed by atoms with Crippen molar-refractivity contribution in [2.75, 3.05) is 0 Å². The summed E-state index contributed by atoms with van der Waals surface area (Å²) in [6, 6.07) is 4.16. The minimum atomic E-state index is -0.610. The van der Waals surface area contributed by atoms with Crippen LogP contribution in [0.5, 0.6) is 0 Å². The standard InChI is InChI=1S/C15H12ClFN2O3S/c1-7(2)14-18-11(22-19-14)6-21-15(20)13-12(16)9-4-3-8(17)5-10(9)23-13/h3-5,7H,6H2,1-2H3. The quantitative estimate of drug-likeness (QED) is 0.643. The lowest BCUT2D eigenvalue weighted by atomic mass is 10.2. The maximum Gasteiger partial charge on any atom is 0.350 e. The molecule has 0 amide bonds. The second-order valence-electron chi connectivity index (χ2n) is 5.16. The molecule has 8 heteroatoms. The number of thiophene rings is 1. The number of esters is 1. The van der Waals surface area contributed by atoms with Gasteiger partial charge in [-0.1, -0.05) is 30.6 Å². The molecule has 23 heavy (non-hydrogen) atoms. The van der Waals surface area contributed by atoms with Crippen molar-refractivity contribution in [3.05, 3.63) is 45.6 Å². The third-order valence-electron chi connectivity index (χ3n) is 3.10. The number of aromatic nitrogens is 2. The zero-order valence-electron chi connectivity index (χ0n) is 12.3. The summed E-state index contributed by atoms with van der Waals surface area (Å²) in [5.41, 5.74) is 0. The first kappa shape index (κ1) is 15.9. The molecule has 0 aliphatic heterocycles. The summed E-state index contributed by atoms with van der Waals surface area (Å²) in [6.45, 7) is 3.71. The lowest BCUT2D eigenvalue weighted by Crippen LogP contribution is -2.04. The number of hydrogen-bond acceptors (Lipinski definition) is 6. The number of fused-ring (bicyclic) bond motifs is 1. The number of halogens is 2. The number of rotatable bonds is 4. The first-order valence-corrected chi connectivity index (χ1v) is 8.02. The summed E-state index contributed by atoms with van der Waals surface area (Å²) in [6.07, 6.45) is 0. The molecule has 0 aliphatic rings. The molecule has 0 atom stereocenters. The molecule has 0 spiro atoms. The normalized spacial score (nSPS) is 11.3. The molecule has 0 radical (unpaired) electrons. The summed E-state index contributed by atoms with van der Waals surface area (Å²) in [5.74, 6) is -0.116. The summed E-state index contributed by atoms with van der Waals surface area (Å²) >= 11 is 7.25. The molecular formula is C15H12ClFN2O3S. The summed E-state index contributed by atoms with van der Waals surface area (Å²) < 4.78 is 24.0. The Hall–Kier alpha value is -1.99. The van der Waals surface area contributed by atoms with E-state index in [1.165, 1.54) is 18.2 Å². The molecule has 0 saturated carbocycles. The Balaban J connectivity index is 1.76. The van der Waals surface area contributed by atoms with Gasteiger partial charge in [-0.25, -0.2) is 9.18 Å². The van der Waals surface area contributed by atoms with Gasteiger partial charge in [0.25, 0.3) is 5.89 Å². The number of carbonyl (C=O) groups is 1. The van der Waals surface area contributed by atoms with Gasteiger partial charge in [0, 0.05) is 16.0 Å². The fourth-order valence-corrected chi connectivity index (χ4v) is 3.35. The molecule has 3 aromatic rings. The van der Waals surface area contributed by atoms with Crippen LogP contribution in [-0.4, -0.2) is 16.1 Å². The van der Waals surface area contributed by atoms with Crippen LogP contribution in [0.3, 0.4) is 0 Å². The fraction of sp³-hybridized carbons (Fsp3) is 0.267. The molecule has 0 N–H and O–H groups in total. The average Bonchev–Trinajstić information content (AvgIpc) is 3.10. The van der Waals surface area contributed by atoms with E-state index in [0.29, 0.717) is 15.9 Å². The number of nitrogens with zero attached hydrogens (tertiary/aromatic N) is 2. The molecule has 2 aromatic heterocycles. The molecule has 5 nitrogen and oxygen atoms in total. The van der Waals surface area contributed by atoms with Crippen molar-refractivity contribution in [3.8, 4) is 0 Å². The van der Waals surface area contributed by atoms with Crippen molar-refractivity contribution >= 4 is 39.0 Å². The van der Waals surface area contributed by atoms with E-state index in [4.69, 9.17) is 20.9 Å². The molecule has 1 aromatic carbocycles. The van der Waals surface area contributed by atoms with E-state index >= 15 is 0 Å². The molecule has 0 aliphatic carbocycles. The Morgan fingerprint density at radius 3 is 2.96 bits per heavy atom. The van der Waals surface area contributed by atoms with Crippen LogP contribution in [0.1, 0.15) is 41.2 Å². The van der Waals surface area contributed by atoms with Crippen molar-refractivity contribution in [1.82, 2.24) is 10.1 Å². The predicted molar refractivity (Wildman–Crippen MR) is 84.3 cm³/mol. The summed E-state index contributed by atoms with van der Waals surface area (Å²) in [7, 11) is 0. The molecule has 0 saturated heterocycles. The highest BCUT2D eigenvalue weighted by atomic mass is 35.5. The predicted octanol–water partition coefficient (Wildman–Crippen LogP) is 4.56. The Bertz CT molecular complexity index is 875. The lowest BCUT2D eigenvalue weighted by molar-refractivity contribution is 0.0436. The summed E-state index contributed by atoms with van der Waals surface area (Å²) in [5, 5.41) is 4.65. The number of carbonyl (C=O) groups excluding carboxylic acids is 1. The maximum absolute atomic E-state index is 13.2. The largest absolute Gasteiger partial charge is 0.451 e. The van der Waals surface area contributed by atoms with Crippen LogP contribution >= 0.6 is 22.9 Å². The third-order valence-corrected chi connectivity index (χ3v) is 4.74. The van der Waals surface area contributed by atoms with Crippen molar-refractivity contribution in [2.24, 2.45) is 0 Å². The zero-order valence-corrected chi connectivity index (χ0v) is 13.9. The highest BCUT2D eigenvalue weighted by Crippen LogP contribution is 2.36. The van der Waals surface area contributed by atoms with Gasteiger partial charge in [-0.15, -0.1) is 11.3 Å². The number of benzene rings is 1. The van der Waals surface area contributed by atoms with E-state index in [9.17, 15) is 9.18 Å². The third kappa shape index (κ3) is 3.20. The van der Waals surface area contributed by atoms with E-state index < -0.39 is 5.97 Å². The van der Waals surface area contributed by atoms with E-state index in [1.54, 1.807) is 0 Å². The first-order chi connectivity index (χ1) is 11.0. The maximum atomic E-state index is 13.2. The Labute approximate surface area is 140 Å². The fourth-order valence-electron chi connectivity index (χ4n) is 1.92. The highest BCUT2D eigenvalue weighted by Gasteiger charge is 2.20. The first-order valence-electron chi connectivity index (χ1n) is 6.83. The minimum absolute atomic E-state index is 0.120. The molecule has 2 heterocycles. The van der Waals surface area contributed by atoms with Crippen LogP contribution in [0.2, 0.25) is 5.02 Å². The summed E-state index contributed by atoms with van der Waals surface area (Å²) in [4.78, 5) is 16.5. The van der Waals surface area contributed by atoms with Gasteiger partial charge in [0.05, 0.1) is 5.02 Å². The average molecular weight is 355 g/mol. The van der Waals surface area contributed by atoms with E-state index in [2.05, 4.69) is 10.1 Å². The monoisotopic (exact) mass is 354 g/mol. The molecule has 120 valence electrons. The Morgan fingerprint density at radius 2 is 2.26 bits per heavy atom. The van der Waals surface area contributed by atoms with Crippen LogP contribution in [0.25, 0.3) is 10.1 Å². The van der Waals surface area contributed by atoms with Crippen molar-refractivity contribution < 1.29 is 18.4 Å². The molecule has 3 rings (SSSR count). The minimum Gasteiger partial charge on any atom is -0.451 e. The van der Waals surface area contributed by atoms with Crippen molar-refractivity contribution in [3.63, 3.8) is 0 Å². The molecule has 0 bridgehead atoms. The van der Waals surface area contributed by atoms with E-state index in [0.717, 1.165) is 11.3 Å². The lowest BCUT2D eigenvalue weighted by Gasteiger charge is -1.99.